The number of nitrogens with zero attached hydrogens (tertiary/aromatic N) is 4. The predicted molar refractivity (Wildman–Crippen MR) is 82.8 cm³/mol. The number of ether oxygens (including phenoxy) is 1. The van der Waals surface area contributed by atoms with E-state index in [9.17, 15) is 4.79 Å². The van der Waals surface area contributed by atoms with E-state index >= 15 is 0 Å². The molecule has 7 nitrogen and oxygen atoms in total. The monoisotopic (exact) mass is 303 g/mol. The number of hydrogen-bond donors (Lipinski definition) is 1. The Morgan fingerprint density at radius 2 is 2.23 bits per heavy atom. The molecule has 1 atom stereocenters. The maximum absolute atomic E-state index is 12.4. The molecule has 0 unspecified atom stereocenters. The number of carbonyl (C=O) groups is 1. The first-order valence-corrected chi connectivity index (χ1v) is 7.56. The lowest BCUT2D eigenvalue weighted by Crippen LogP contribution is -2.41. The molecule has 3 heterocycles. The standard InChI is InChI=1S/C15H21N5O2/c1-11(10-19-6-8-22-9-7-19)15(21)17-13-4-3-5-20-14(13)16-12(2)18-20/h3-5,11H,6-10H2,1-2H3,(H,17,21)/t11-/m0/s1. The highest BCUT2D eigenvalue weighted by atomic mass is 16.5. The Hall–Kier alpha value is -1.99. The zero-order valence-electron chi connectivity index (χ0n) is 13.0. The van der Waals surface area contributed by atoms with Crippen molar-refractivity contribution in [2.24, 2.45) is 5.92 Å². The van der Waals surface area contributed by atoms with Crippen molar-refractivity contribution in [1.29, 1.82) is 0 Å². The van der Waals surface area contributed by atoms with Gasteiger partial charge in [-0.1, -0.05) is 6.92 Å². The third-order valence-electron chi connectivity index (χ3n) is 3.81. The molecular weight excluding hydrogens is 282 g/mol. The third-order valence-corrected chi connectivity index (χ3v) is 3.81. The summed E-state index contributed by atoms with van der Waals surface area (Å²) < 4.78 is 7.01. The van der Waals surface area contributed by atoms with E-state index in [1.54, 1.807) is 4.52 Å². The number of anilines is 1. The molecule has 2 aromatic heterocycles. The van der Waals surface area contributed by atoms with Gasteiger partial charge in [0.15, 0.2) is 5.65 Å². The van der Waals surface area contributed by atoms with Crippen LogP contribution in [0, 0.1) is 12.8 Å². The van der Waals surface area contributed by atoms with Crippen molar-refractivity contribution in [3.63, 3.8) is 0 Å². The van der Waals surface area contributed by atoms with Crippen LogP contribution in [-0.4, -0.2) is 58.3 Å². The van der Waals surface area contributed by atoms with Gasteiger partial charge < -0.3 is 10.1 Å². The van der Waals surface area contributed by atoms with E-state index in [0.29, 0.717) is 17.2 Å². The van der Waals surface area contributed by atoms with Gasteiger partial charge in [0.2, 0.25) is 5.91 Å². The average Bonchev–Trinajstić information content (AvgIpc) is 2.89. The molecule has 7 heteroatoms. The fourth-order valence-electron chi connectivity index (χ4n) is 2.62. The Bertz CT molecular complexity index is 663. The van der Waals surface area contributed by atoms with Gasteiger partial charge in [0.05, 0.1) is 18.9 Å². The van der Waals surface area contributed by atoms with Gasteiger partial charge in [-0.2, -0.15) is 5.10 Å². The molecule has 0 aromatic carbocycles. The lowest BCUT2D eigenvalue weighted by atomic mass is 10.1. The first-order valence-electron chi connectivity index (χ1n) is 7.56. The number of fused-ring (bicyclic) bond motifs is 1. The molecule has 22 heavy (non-hydrogen) atoms. The molecule has 2 aromatic rings. The summed E-state index contributed by atoms with van der Waals surface area (Å²) in [6.07, 6.45) is 1.82. The minimum absolute atomic E-state index is 0.000227. The number of morpholine rings is 1. The zero-order chi connectivity index (χ0) is 15.5. The van der Waals surface area contributed by atoms with E-state index < -0.39 is 0 Å². The van der Waals surface area contributed by atoms with Crippen LogP contribution < -0.4 is 5.32 Å². The van der Waals surface area contributed by atoms with Crippen LogP contribution >= 0.6 is 0 Å². The van der Waals surface area contributed by atoms with Crippen LogP contribution in [0.4, 0.5) is 5.69 Å². The van der Waals surface area contributed by atoms with Gasteiger partial charge in [-0.15, -0.1) is 0 Å². The van der Waals surface area contributed by atoms with Crippen molar-refractivity contribution in [3.05, 3.63) is 24.2 Å². The number of pyridine rings is 1. The van der Waals surface area contributed by atoms with Crippen LogP contribution in [0.5, 0.6) is 0 Å². The predicted octanol–water partition coefficient (Wildman–Crippen LogP) is 0.945. The smallest absolute Gasteiger partial charge is 0.228 e. The second-order valence-electron chi connectivity index (χ2n) is 5.65. The van der Waals surface area contributed by atoms with Gasteiger partial charge in [0, 0.05) is 31.7 Å². The highest BCUT2D eigenvalue weighted by Gasteiger charge is 2.20. The number of amides is 1. The van der Waals surface area contributed by atoms with E-state index in [4.69, 9.17) is 4.74 Å². The number of aryl methyl sites for hydroxylation is 1. The summed E-state index contributed by atoms with van der Waals surface area (Å²) in [5.41, 5.74) is 1.37. The van der Waals surface area contributed by atoms with Crippen molar-refractivity contribution < 1.29 is 9.53 Å². The van der Waals surface area contributed by atoms with Crippen LogP contribution in [0.15, 0.2) is 18.3 Å². The second kappa shape index (κ2) is 6.41. The van der Waals surface area contributed by atoms with Crippen molar-refractivity contribution in [2.75, 3.05) is 38.2 Å². The molecule has 3 rings (SSSR count). The van der Waals surface area contributed by atoms with Crippen LogP contribution in [-0.2, 0) is 9.53 Å². The third kappa shape index (κ3) is 3.26. The number of aromatic nitrogens is 3. The fraction of sp³-hybridized carbons (Fsp3) is 0.533. The molecule has 118 valence electrons. The lowest BCUT2D eigenvalue weighted by molar-refractivity contribution is -0.120. The fourth-order valence-corrected chi connectivity index (χ4v) is 2.62. The number of nitrogens with one attached hydrogen (secondary N) is 1. The number of rotatable bonds is 4. The first kappa shape index (κ1) is 14.9. The summed E-state index contributed by atoms with van der Waals surface area (Å²) in [5, 5.41) is 7.22. The van der Waals surface area contributed by atoms with Crippen LogP contribution in [0.25, 0.3) is 5.65 Å². The highest BCUT2D eigenvalue weighted by molar-refractivity contribution is 5.95. The zero-order valence-corrected chi connectivity index (χ0v) is 13.0. The van der Waals surface area contributed by atoms with Gasteiger partial charge in [-0.05, 0) is 19.1 Å². The SMILES string of the molecule is Cc1nc2c(NC(=O)[C@@H](C)CN3CCOCC3)cccn2n1. The van der Waals surface area contributed by atoms with Crippen molar-refractivity contribution in [3.8, 4) is 0 Å². The summed E-state index contributed by atoms with van der Waals surface area (Å²) in [4.78, 5) is 19.0. The minimum atomic E-state index is -0.0950. The van der Waals surface area contributed by atoms with E-state index in [2.05, 4.69) is 20.3 Å². The molecule has 1 aliphatic heterocycles. The van der Waals surface area contributed by atoms with Gasteiger partial charge in [-0.3, -0.25) is 9.69 Å². The molecule has 1 N–H and O–H groups in total. The van der Waals surface area contributed by atoms with E-state index in [0.717, 1.165) is 32.8 Å². The van der Waals surface area contributed by atoms with Crippen molar-refractivity contribution >= 4 is 17.2 Å². The lowest BCUT2D eigenvalue weighted by Gasteiger charge is -2.28. The van der Waals surface area contributed by atoms with Crippen molar-refractivity contribution in [1.82, 2.24) is 19.5 Å². The Morgan fingerprint density at radius 3 is 3.00 bits per heavy atom. The highest BCUT2D eigenvalue weighted by Crippen LogP contribution is 2.16. The maximum Gasteiger partial charge on any atom is 0.228 e. The van der Waals surface area contributed by atoms with Gasteiger partial charge in [0.25, 0.3) is 0 Å². The van der Waals surface area contributed by atoms with Crippen LogP contribution in [0.2, 0.25) is 0 Å². The molecule has 0 aliphatic carbocycles. The number of carbonyl (C=O) groups excluding carboxylic acids is 1. The molecular formula is C15H21N5O2. The Labute approximate surface area is 129 Å². The Kier molecular flexibility index (Phi) is 4.35. The van der Waals surface area contributed by atoms with Crippen LogP contribution in [0.3, 0.4) is 0 Å². The maximum atomic E-state index is 12.4. The summed E-state index contributed by atoms with van der Waals surface area (Å²) in [7, 11) is 0. The summed E-state index contributed by atoms with van der Waals surface area (Å²) in [6.45, 7) is 7.77. The molecule has 1 aliphatic rings. The summed E-state index contributed by atoms with van der Waals surface area (Å²) >= 11 is 0. The van der Waals surface area contributed by atoms with E-state index in [1.807, 2.05) is 32.2 Å². The minimum Gasteiger partial charge on any atom is -0.379 e. The summed E-state index contributed by atoms with van der Waals surface area (Å²) in [5.74, 6) is 0.589. The van der Waals surface area contributed by atoms with Crippen molar-refractivity contribution in [2.45, 2.75) is 13.8 Å². The normalized spacial score (nSPS) is 17.5. The largest absolute Gasteiger partial charge is 0.379 e. The summed E-state index contributed by atoms with van der Waals surface area (Å²) in [6, 6.07) is 3.70. The Balaban J connectivity index is 1.67. The quantitative estimate of drug-likeness (QED) is 0.910. The Morgan fingerprint density at radius 1 is 1.45 bits per heavy atom. The first-order chi connectivity index (χ1) is 10.6. The molecule has 1 fully saturated rings. The van der Waals surface area contributed by atoms with E-state index in [-0.39, 0.29) is 11.8 Å². The van der Waals surface area contributed by atoms with E-state index in [1.165, 1.54) is 0 Å². The molecule has 0 bridgehead atoms. The second-order valence-corrected chi connectivity index (χ2v) is 5.65. The average molecular weight is 303 g/mol. The topological polar surface area (TPSA) is 71.8 Å². The molecule has 1 amide bonds. The number of hydrogen-bond acceptors (Lipinski definition) is 5. The molecule has 0 saturated carbocycles. The van der Waals surface area contributed by atoms with Gasteiger partial charge in [-0.25, -0.2) is 9.50 Å². The van der Waals surface area contributed by atoms with Gasteiger partial charge in [0.1, 0.15) is 5.82 Å². The molecule has 0 radical (unpaired) electrons. The van der Waals surface area contributed by atoms with Gasteiger partial charge >= 0.3 is 0 Å². The molecule has 0 spiro atoms. The molecule has 1 saturated heterocycles. The van der Waals surface area contributed by atoms with Crippen LogP contribution in [0.1, 0.15) is 12.7 Å².